The minimum atomic E-state index is -1.58. The van der Waals surface area contributed by atoms with Gasteiger partial charge in [0, 0.05) is 0 Å². The molecule has 4 atom stereocenters. The Labute approximate surface area is 147 Å². The minimum Gasteiger partial charge on any atom is -0.479 e. The monoisotopic (exact) mass is 365 g/mol. The molecule has 140 valence electrons. The van der Waals surface area contributed by atoms with Gasteiger partial charge in [-0.05, 0) is 25.7 Å². The molecule has 1 saturated carbocycles. The smallest absolute Gasteiger partial charge is 0.335 e. The first-order valence-corrected chi connectivity index (χ1v) is 8.37. The van der Waals surface area contributed by atoms with E-state index < -0.39 is 30.5 Å². The van der Waals surface area contributed by atoms with Crippen molar-refractivity contribution in [1.82, 2.24) is 19.5 Å². The minimum absolute atomic E-state index is 0.0229. The van der Waals surface area contributed by atoms with Crippen LogP contribution in [0.25, 0.3) is 11.2 Å². The number of aliphatic carboxylic acids is 1. The van der Waals surface area contributed by atoms with Gasteiger partial charge in [-0.1, -0.05) is 0 Å². The molecule has 0 unspecified atom stereocenters. The lowest BCUT2D eigenvalue weighted by Gasteiger charge is -2.17. The van der Waals surface area contributed by atoms with Crippen LogP contribution in [0.5, 0.6) is 6.01 Å². The van der Waals surface area contributed by atoms with Gasteiger partial charge >= 0.3 is 12.0 Å². The van der Waals surface area contributed by atoms with E-state index in [1.54, 1.807) is 0 Å². The fourth-order valence-electron chi connectivity index (χ4n) is 3.41. The SMILES string of the molecule is Nc1nc(OC2CCCC2)nc2c1ncn2[C@@H]1O[C@H](C(=O)O)[C@@H](O)[C@H]1O. The van der Waals surface area contributed by atoms with Crippen molar-refractivity contribution in [2.45, 2.75) is 56.3 Å². The van der Waals surface area contributed by atoms with Gasteiger partial charge < -0.3 is 30.5 Å². The zero-order valence-electron chi connectivity index (χ0n) is 13.7. The third-order valence-corrected chi connectivity index (χ3v) is 4.76. The molecule has 11 nitrogen and oxygen atoms in total. The van der Waals surface area contributed by atoms with E-state index >= 15 is 0 Å². The van der Waals surface area contributed by atoms with E-state index in [2.05, 4.69) is 15.0 Å². The average Bonchev–Trinajstić information content (AvgIpc) is 3.29. The maximum Gasteiger partial charge on any atom is 0.335 e. The molecular weight excluding hydrogens is 346 g/mol. The number of rotatable bonds is 4. The highest BCUT2D eigenvalue weighted by atomic mass is 16.6. The molecule has 2 fully saturated rings. The van der Waals surface area contributed by atoms with Crippen LogP contribution in [0.4, 0.5) is 5.82 Å². The van der Waals surface area contributed by atoms with Crippen LogP contribution in [0.15, 0.2) is 6.33 Å². The molecule has 1 aliphatic carbocycles. The molecule has 1 aliphatic heterocycles. The Kier molecular flexibility index (Phi) is 4.13. The van der Waals surface area contributed by atoms with Crippen LogP contribution in [-0.4, -0.2) is 65.2 Å². The Hall–Kier alpha value is -2.50. The summed E-state index contributed by atoms with van der Waals surface area (Å²) in [6.45, 7) is 0. The van der Waals surface area contributed by atoms with E-state index in [1.165, 1.54) is 10.9 Å². The first kappa shape index (κ1) is 16.9. The van der Waals surface area contributed by atoms with Crippen LogP contribution in [0.1, 0.15) is 31.9 Å². The van der Waals surface area contributed by atoms with Crippen LogP contribution in [-0.2, 0) is 9.53 Å². The Balaban J connectivity index is 1.69. The second kappa shape index (κ2) is 6.34. The maximum absolute atomic E-state index is 11.2. The third-order valence-electron chi connectivity index (χ3n) is 4.76. The number of carbonyl (C=O) groups is 1. The summed E-state index contributed by atoms with van der Waals surface area (Å²) >= 11 is 0. The molecule has 5 N–H and O–H groups in total. The normalized spacial score (nSPS) is 29.5. The molecule has 26 heavy (non-hydrogen) atoms. The van der Waals surface area contributed by atoms with Gasteiger partial charge in [-0.2, -0.15) is 9.97 Å². The highest BCUT2D eigenvalue weighted by Crippen LogP contribution is 2.33. The topological polar surface area (TPSA) is 166 Å². The van der Waals surface area contributed by atoms with E-state index in [0.717, 1.165) is 25.7 Å². The molecule has 11 heteroatoms. The molecule has 0 radical (unpaired) electrons. The summed E-state index contributed by atoms with van der Waals surface area (Å²) in [6.07, 6.45) is -0.463. The van der Waals surface area contributed by atoms with Gasteiger partial charge in [0.1, 0.15) is 18.3 Å². The fraction of sp³-hybridized carbons (Fsp3) is 0.600. The largest absolute Gasteiger partial charge is 0.479 e. The molecule has 1 saturated heterocycles. The highest BCUT2D eigenvalue weighted by Gasteiger charge is 2.48. The summed E-state index contributed by atoms with van der Waals surface area (Å²) in [4.78, 5) is 23.7. The maximum atomic E-state index is 11.2. The number of nitrogen functional groups attached to an aromatic ring is 1. The van der Waals surface area contributed by atoms with Crippen molar-refractivity contribution in [2.75, 3.05) is 5.73 Å². The number of anilines is 1. The summed E-state index contributed by atoms with van der Waals surface area (Å²) in [6, 6.07) is 0.0893. The lowest BCUT2D eigenvalue weighted by Crippen LogP contribution is -2.35. The number of nitrogens with zero attached hydrogens (tertiary/aromatic N) is 4. The Morgan fingerprint density at radius 1 is 1.27 bits per heavy atom. The van der Waals surface area contributed by atoms with Crippen molar-refractivity contribution in [3.63, 3.8) is 0 Å². The first-order valence-electron chi connectivity index (χ1n) is 8.37. The van der Waals surface area contributed by atoms with Gasteiger partial charge in [-0.3, -0.25) is 4.57 Å². The van der Waals surface area contributed by atoms with Gasteiger partial charge in [0.05, 0.1) is 6.33 Å². The second-order valence-corrected chi connectivity index (χ2v) is 6.51. The standard InChI is InChI=1S/C15H19N5O6/c16-11-7-12(19-15(18-11)25-6-3-1-2-4-6)20(5-17-7)13-9(22)8(21)10(26-13)14(23)24/h5-6,8-10,13,21-22H,1-4H2,(H,23,24)(H2,16,18,19)/t8-,9+,10-,13+/m0/s1. The summed E-state index contributed by atoms with van der Waals surface area (Å²) < 4.78 is 12.4. The predicted octanol–water partition coefficient (Wildman–Crippen LogP) is -0.566. The molecule has 0 aromatic carbocycles. The van der Waals surface area contributed by atoms with Crippen LogP contribution in [0.3, 0.4) is 0 Å². The zero-order chi connectivity index (χ0) is 18.4. The number of aromatic nitrogens is 4. The van der Waals surface area contributed by atoms with Gasteiger partial charge in [0.25, 0.3) is 0 Å². The van der Waals surface area contributed by atoms with Crippen LogP contribution in [0.2, 0.25) is 0 Å². The molecular formula is C15H19N5O6. The van der Waals surface area contributed by atoms with E-state index in [1.807, 2.05) is 0 Å². The number of nitrogens with two attached hydrogens (primary N) is 1. The van der Waals surface area contributed by atoms with Crippen LogP contribution >= 0.6 is 0 Å². The Morgan fingerprint density at radius 3 is 2.65 bits per heavy atom. The number of carboxylic acid groups (broad SMARTS) is 1. The molecule has 4 rings (SSSR count). The lowest BCUT2D eigenvalue weighted by molar-refractivity contribution is -0.155. The fourth-order valence-corrected chi connectivity index (χ4v) is 3.41. The molecule has 0 bridgehead atoms. The van der Waals surface area contributed by atoms with E-state index in [-0.39, 0.29) is 29.1 Å². The zero-order valence-corrected chi connectivity index (χ0v) is 13.7. The van der Waals surface area contributed by atoms with Gasteiger partial charge in [0.2, 0.25) is 0 Å². The Bertz CT molecular complexity index is 835. The number of hydrogen-bond acceptors (Lipinski definition) is 9. The summed E-state index contributed by atoms with van der Waals surface area (Å²) in [5.41, 5.74) is 6.43. The van der Waals surface area contributed by atoms with E-state index in [4.69, 9.17) is 20.3 Å². The van der Waals surface area contributed by atoms with Crippen LogP contribution < -0.4 is 10.5 Å². The first-order chi connectivity index (χ1) is 12.5. The number of aliphatic hydroxyl groups excluding tert-OH is 2. The van der Waals surface area contributed by atoms with Gasteiger partial charge in [-0.25, -0.2) is 9.78 Å². The van der Waals surface area contributed by atoms with E-state index in [9.17, 15) is 15.0 Å². The molecule has 2 aromatic rings. The summed E-state index contributed by atoms with van der Waals surface area (Å²) in [5.74, 6) is -1.27. The van der Waals surface area contributed by atoms with Gasteiger partial charge in [0.15, 0.2) is 29.3 Å². The summed E-state index contributed by atoms with van der Waals surface area (Å²) in [5, 5.41) is 29.2. The van der Waals surface area contributed by atoms with Crippen molar-refractivity contribution >= 4 is 23.0 Å². The molecule has 0 spiro atoms. The van der Waals surface area contributed by atoms with E-state index in [0.29, 0.717) is 0 Å². The lowest BCUT2D eigenvalue weighted by atomic mass is 10.1. The number of carboxylic acids is 1. The molecule has 2 aromatic heterocycles. The van der Waals surface area contributed by atoms with Gasteiger partial charge in [-0.15, -0.1) is 0 Å². The number of aliphatic hydroxyl groups is 2. The Morgan fingerprint density at radius 2 is 2.00 bits per heavy atom. The number of fused-ring (bicyclic) bond motifs is 1. The number of ether oxygens (including phenoxy) is 2. The van der Waals surface area contributed by atoms with Crippen molar-refractivity contribution in [3.05, 3.63) is 6.33 Å². The number of hydrogen-bond donors (Lipinski definition) is 4. The van der Waals surface area contributed by atoms with Crippen molar-refractivity contribution in [3.8, 4) is 6.01 Å². The van der Waals surface area contributed by atoms with Crippen molar-refractivity contribution < 1.29 is 29.6 Å². The average molecular weight is 365 g/mol. The molecule has 0 amide bonds. The highest BCUT2D eigenvalue weighted by molar-refractivity contribution is 5.82. The van der Waals surface area contributed by atoms with Crippen molar-refractivity contribution in [2.24, 2.45) is 0 Å². The molecule has 2 aliphatic rings. The second-order valence-electron chi connectivity index (χ2n) is 6.51. The van der Waals surface area contributed by atoms with Crippen LogP contribution in [0, 0.1) is 0 Å². The predicted molar refractivity (Wildman–Crippen MR) is 86.2 cm³/mol. The molecule has 3 heterocycles. The number of imidazole rings is 1. The third kappa shape index (κ3) is 2.73. The van der Waals surface area contributed by atoms with Crippen molar-refractivity contribution in [1.29, 1.82) is 0 Å². The summed E-state index contributed by atoms with van der Waals surface area (Å²) in [7, 11) is 0. The quantitative estimate of drug-likeness (QED) is 0.551.